The fourth-order valence-corrected chi connectivity index (χ4v) is 6.23. The van der Waals surface area contributed by atoms with E-state index in [9.17, 15) is 14.7 Å². The Morgan fingerprint density at radius 3 is 2.56 bits per heavy atom. The number of fused-ring (bicyclic) bond motifs is 1. The maximum absolute atomic E-state index is 12.5. The van der Waals surface area contributed by atoms with Crippen LogP contribution in [-0.4, -0.2) is 29.3 Å². The van der Waals surface area contributed by atoms with Gasteiger partial charge in [-0.1, -0.05) is 0 Å². The van der Waals surface area contributed by atoms with Gasteiger partial charge in [0, 0.05) is 12.0 Å². The normalized spacial score (nSPS) is 35.1. The second-order valence-corrected chi connectivity index (χ2v) is 8.93. The number of rotatable bonds is 3. The van der Waals surface area contributed by atoms with Crippen LogP contribution in [0.5, 0.6) is 11.5 Å². The van der Waals surface area contributed by atoms with Gasteiger partial charge in [-0.3, -0.25) is 20.4 Å². The molecule has 7 nitrogen and oxygen atoms in total. The van der Waals surface area contributed by atoms with Crippen LogP contribution in [0.2, 0.25) is 0 Å². The van der Waals surface area contributed by atoms with Crippen LogP contribution >= 0.6 is 0 Å². The van der Waals surface area contributed by atoms with Crippen LogP contribution in [-0.2, 0) is 4.79 Å². The molecule has 0 radical (unpaired) electrons. The molecular weight excluding hydrogens is 348 g/mol. The Morgan fingerprint density at radius 1 is 1.07 bits per heavy atom. The number of benzene rings is 1. The van der Waals surface area contributed by atoms with Crippen molar-refractivity contribution in [3.05, 3.63) is 23.8 Å². The monoisotopic (exact) mass is 372 g/mol. The molecule has 0 saturated heterocycles. The number of carbonyl (C=O) groups is 2. The fourth-order valence-electron chi connectivity index (χ4n) is 6.23. The molecule has 1 aromatic carbocycles. The molecule has 4 aliphatic carbocycles. The third kappa shape index (κ3) is 3.04. The van der Waals surface area contributed by atoms with Gasteiger partial charge < -0.3 is 14.6 Å². The minimum absolute atomic E-state index is 0.119. The van der Waals surface area contributed by atoms with E-state index < -0.39 is 11.5 Å². The molecule has 27 heavy (non-hydrogen) atoms. The molecule has 1 aliphatic heterocycles. The highest BCUT2D eigenvalue weighted by Crippen LogP contribution is 2.62. The molecule has 2 unspecified atom stereocenters. The van der Waals surface area contributed by atoms with Crippen molar-refractivity contribution in [2.75, 3.05) is 6.79 Å². The first-order valence-corrected chi connectivity index (χ1v) is 9.63. The molecule has 4 atom stereocenters. The van der Waals surface area contributed by atoms with E-state index in [0.717, 1.165) is 25.7 Å². The van der Waals surface area contributed by atoms with Crippen LogP contribution in [0, 0.1) is 17.3 Å². The molecule has 144 valence electrons. The van der Waals surface area contributed by atoms with Gasteiger partial charge in [0.25, 0.3) is 5.91 Å². The van der Waals surface area contributed by atoms with Crippen molar-refractivity contribution in [2.24, 2.45) is 17.3 Å². The largest absolute Gasteiger partial charge is 0.454 e. The Hall–Kier alpha value is -2.28. The van der Waals surface area contributed by atoms with E-state index in [4.69, 9.17) is 9.47 Å². The molecule has 0 aromatic heterocycles. The van der Waals surface area contributed by atoms with Crippen LogP contribution in [0.1, 0.15) is 55.3 Å². The third-order valence-electron chi connectivity index (χ3n) is 6.64. The number of hydrazine groups is 1. The van der Waals surface area contributed by atoms with Crippen LogP contribution in [0.25, 0.3) is 0 Å². The Balaban J connectivity index is 1.20. The number of hydrogen-bond acceptors (Lipinski definition) is 5. The van der Waals surface area contributed by atoms with E-state index in [1.54, 1.807) is 18.2 Å². The van der Waals surface area contributed by atoms with Crippen molar-refractivity contribution in [3.63, 3.8) is 0 Å². The Labute approximate surface area is 157 Å². The van der Waals surface area contributed by atoms with Gasteiger partial charge in [-0.2, -0.15) is 0 Å². The number of ether oxygens (including phenoxy) is 2. The summed E-state index contributed by atoms with van der Waals surface area (Å²) >= 11 is 0. The van der Waals surface area contributed by atoms with Crippen molar-refractivity contribution in [2.45, 2.75) is 50.5 Å². The third-order valence-corrected chi connectivity index (χ3v) is 6.64. The number of aliphatic hydroxyl groups is 1. The van der Waals surface area contributed by atoms with Crippen molar-refractivity contribution >= 4 is 11.8 Å². The summed E-state index contributed by atoms with van der Waals surface area (Å²) in [6, 6.07) is 4.90. The van der Waals surface area contributed by atoms with Crippen LogP contribution in [0.3, 0.4) is 0 Å². The van der Waals surface area contributed by atoms with Gasteiger partial charge in [-0.25, -0.2) is 0 Å². The van der Waals surface area contributed by atoms with E-state index in [1.807, 2.05) is 0 Å². The Morgan fingerprint density at radius 2 is 1.81 bits per heavy atom. The minimum atomic E-state index is -0.583. The molecule has 0 spiro atoms. The van der Waals surface area contributed by atoms with Gasteiger partial charge in [0.05, 0.1) is 5.60 Å². The van der Waals surface area contributed by atoms with E-state index in [1.165, 1.54) is 6.42 Å². The molecule has 1 heterocycles. The summed E-state index contributed by atoms with van der Waals surface area (Å²) in [5.41, 5.74) is 4.72. The highest BCUT2D eigenvalue weighted by molar-refractivity contribution is 5.96. The molecule has 6 rings (SSSR count). The first-order chi connectivity index (χ1) is 12.9. The smallest absolute Gasteiger partial charge is 0.269 e. The second-order valence-electron chi connectivity index (χ2n) is 8.93. The summed E-state index contributed by atoms with van der Waals surface area (Å²) in [6.45, 7) is 0.146. The zero-order valence-electron chi connectivity index (χ0n) is 15.1. The maximum atomic E-state index is 12.5. The molecule has 1 aromatic rings. The summed E-state index contributed by atoms with van der Waals surface area (Å²) in [5, 5.41) is 10.8. The first kappa shape index (κ1) is 16.9. The van der Waals surface area contributed by atoms with E-state index in [0.29, 0.717) is 41.7 Å². The quantitative estimate of drug-likeness (QED) is 0.704. The highest BCUT2D eigenvalue weighted by Gasteiger charge is 2.57. The van der Waals surface area contributed by atoms with Gasteiger partial charge >= 0.3 is 0 Å². The van der Waals surface area contributed by atoms with Crippen molar-refractivity contribution in [3.8, 4) is 11.5 Å². The molecule has 7 heteroatoms. The van der Waals surface area contributed by atoms with Crippen LogP contribution in [0.4, 0.5) is 0 Å². The number of carbonyl (C=O) groups excluding carboxylic acids is 2. The standard InChI is InChI=1S/C20H24N2O5/c23-17(9-19-5-12-3-13(6-19)8-20(25,7-12)10-19)21-22-18(24)14-1-2-15-16(4-14)27-11-26-15/h1-2,4,12-13,25H,3,5-11H2,(H,21,23)(H,22,24)/t12-,13+,19?,20?. The van der Waals surface area contributed by atoms with Crippen LogP contribution < -0.4 is 20.3 Å². The summed E-state index contributed by atoms with van der Waals surface area (Å²) < 4.78 is 10.5. The number of nitrogens with one attached hydrogen (secondary N) is 2. The Bertz CT molecular complexity index is 794. The van der Waals surface area contributed by atoms with E-state index in [-0.39, 0.29) is 18.1 Å². The van der Waals surface area contributed by atoms with E-state index in [2.05, 4.69) is 10.9 Å². The summed E-state index contributed by atoms with van der Waals surface area (Å²) in [5.74, 6) is 1.60. The van der Waals surface area contributed by atoms with Gasteiger partial charge in [0.15, 0.2) is 11.5 Å². The van der Waals surface area contributed by atoms with Crippen molar-refractivity contribution in [1.82, 2.24) is 10.9 Å². The molecule has 2 amide bonds. The maximum Gasteiger partial charge on any atom is 0.269 e. The number of amides is 2. The summed E-state index contributed by atoms with van der Waals surface area (Å²) in [6.07, 6.45) is 6.03. The molecule has 4 fully saturated rings. The highest BCUT2D eigenvalue weighted by atomic mass is 16.7. The number of hydrogen-bond donors (Lipinski definition) is 3. The average molecular weight is 372 g/mol. The predicted octanol–water partition coefficient (Wildman–Crippen LogP) is 1.90. The summed E-state index contributed by atoms with van der Waals surface area (Å²) in [7, 11) is 0. The fraction of sp³-hybridized carbons (Fsp3) is 0.600. The zero-order valence-corrected chi connectivity index (χ0v) is 15.1. The average Bonchev–Trinajstić information content (AvgIpc) is 3.04. The molecule has 5 aliphatic rings. The van der Waals surface area contributed by atoms with Gasteiger partial charge in [0.2, 0.25) is 12.7 Å². The Kier molecular flexibility index (Phi) is 3.66. The predicted molar refractivity (Wildman–Crippen MR) is 94.9 cm³/mol. The lowest BCUT2D eigenvalue weighted by molar-refractivity contribution is -0.169. The van der Waals surface area contributed by atoms with Crippen molar-refractivity contribution < 1.29 is 24.2 Å². The topological polar surface area (TPSA) is 96.9 Å². The zero-order chi connectivity index (χ0) is 18.6. The minimum Gasteiger partial charge on any atom is -0.454 e. The van der Waals surface area contributed by atoms with Crippen LogP contribution in [0.15, 0.2) is 18.2 Å². The molecule has 4 saturated carbocycles. The molecule has 4 bridgehead atoms. The van der Waals surface area contributed by atoms with Gasteiger partial charge in [-0.05, 0) is 74.0 Å². The van der Waals surface area contributed by atoms with E-state index >= 15 is 0 Å². The first-order valence-electron chi connectivity index (χ1n) is 9.63. The second kappa shape index (κ2) is 5.86. The lowest BCUT2D eigenvalue weighted by Crippen LogP contribution is -2.57. The lowest BCUT2D eigenvalue weighted by Gasteiger charge is -2.60. The van der Waals surface area contributed by atoms with Gasteiger partial charge in [0.1, 0.15) is 0 Å². The van der Waals surface area contributed by atoms with Crippen molar-refractivity contribution in [1.29, 1.82) is 0 Å². The van der Waals surface area contributed by atoms with Gasteiger partial charge in [-0.15, -0.1) is 0 Å². The lowest BCUT2D eigenvalue weighted by atomic mass is 9.47. The SMILES string of the molecule is O=C(CC12C[C@@H]3C[C@@H](CC(O)(C3)C1)C2)NNC(=O)c1ccc2c(c1)OCO2. The molecule has 3 N–H and O–H groups in total. The summed E-state index contributed by atoms with van der Waals surface area (Å²) in [4.78, 5) is 24.8. The molecular formula is C20H24N2O5.